The molecule has 3 aliphatic rings. The SMILES string of the molecule is Cl.O=C(CC1=CCCCC1)N1[C@H]2CCNC[C@@H]1CC2. The molecule has 2 saturated heterocycles. The molecule has 2 fully saturated rings. The first-order valence-electron chi connectivity index (χ1n) is 7.54. The second kappa shape index (κ2) is 6.76. The van der Waals surface area contributed by atoms with Crippen LogP contribution in [0, 0.1) is 0 Å². The van der Waals surface area contributed by atoms with Gasteiger partial charge in [0.25, 0.3) is 0 Å². The standard InChI is InChI=1S/C15H24N2O.ClH/c18-15(10-12-4-2-1-3-5-12)17-13-6-7-14(17)11-16-9-8-13;/h4,13-14,16H,1-3,5-11H2;1H/t13-,14+;/m1./s1. The van der Waals surface area contributed by atoms with Gasteiger partial charge in [-0.05, 0) is 51.5 Å². The Balaban J connectivity index is 0.00000133. The third-order valence-corrected chi connectivity index (χ3v) is 4.71. The zero-order chi connectivity index (χ0) is 12.4. The van der Waals surface area contributed by atoms with Gasteiger partial charge in [-0.25, -0.2) is 0 Å². The van der Waals surface area contributed by atoms with E-state index in [0.717, 1.165) is 25.9 Å². The average molecular weight is 285 g/mol. The summed E-state index contributed by atoms with van der Waals surface area (Å²) in [5.74, 6) is 0.388. The van der Waals surface area contributed by atoms with Gasteiger partial charge in [0, 0.05) is 25.0 Å². The summed E-state index contributed by atoms with van der Waals surface area (Å²) in [6.07, 6.45) is 11.4. The van der Waals surface area contributed by atoms with Crippen molar-refractivity contribution in [2.24, 2.45) is 0 Å². The zero-order valence-electron chi connectivity index (χ0n) is 11.6. The fraction of sp³-hybridized carbons (Fsp3) is 0.800. The third-order valence-electron chi connectivity index (χ3n) is 4.71. The summed E-state index contributed by atoms with van der Waals surface area (Å²) in [4.78, 5) is 14.8. The summed E-state index contributed by atoms with van der Waals surface area (Å²) in [5.41, 5.74) is 1.39. The molecule has 2 heterocycles. The average Bonchev–Trinajstić information content (AvgIpc) is 2.64. The largest absolute Gasteiger partial charge is 0.335 e. The second-order valence-electron chi connectivity index (χ2n) is 5.96. The fourth-order valence-electron chi connectivity index (χ4n) is 3.74. The number of fused-ring (bicyclic) bond motifs is 2. The lowest BCUT2D eigenvalue weighted by Gasteiger charge is -2.28. The van der Waals surface area contributed by atoms with Gasteiger partial charge < -0.3 is 10.2 Å². The topological polar surface area (TPSA) is 32.3 Å². The lowest BCUT2D eigenvalue weighted by Crippen LogP contribution is -2.42. The van der Waals surface area contributed by atoms with Crippen molar-refractivity contribution >= 4 is 18.3 Å². The van der Waals surface area contributed by atoms with Crippen LogP contribution in [0.5, 0.6) is 0 Å². The molecule has 0 aromatic heterocycles. The molecule has 0 unspecified atom stereocenters. The number of hydrogen-bond donors (Lipinski definition) is 1. The highest BCUT2D eigenvalue weighted by Gasteiger charge is 2.37. The number of hydrogen-bond acceptors (Lipinski definition) is 2. The van der Waals surface area contributed by atoms with Crippen LogP contribution in [-0.4, -0.2) is 36.0 Å². The number of nitrogens with zero attached hydrogens (tertiary/aromatic N) is 1. The number of carbonyl (C=O) groups excluding carboxylic acids is 1. The molecule has 1 amide bonds. The van der Waals surface area contributed by atoms with Gasteiger partial charge in [0.05, 0.1) is 0 Å². The Morgan fingerprint density at radius 3 is 2.89 bits per heavy atom. The minimum atomic E-state index is 0. The minimum absolute atomic E-state index is 0. The second-order valence-corrected chi connectivity index (χ2v) is 5.96. The highest BCUT2D eigenvalue weighted by molar-refractivity contribution is 5.85. The molecule has 0 aromatic carbocycles. The highest BCUT2D eigenvalue weighted by atomic mass is 35.5. The van der Waals surface area contributed by atoms with E-state index in [1.54, 1.807) is 0 Å². The third kappa shape index (κ3) is 3.32. The Labute approximate surface area is 122 Å². The molecule has 3 rings (SSSR count). The molecule has 1 N–H and O–H groups in total. The molecule has 2 bridgehead atoms. The van der Waals surface area contributed by atoms with Crippen molar-refractivity contribution in [1.82, 2.24) is 10.2 Å². The molecule has 4 heteroatoms. The van der Waals surface area contributed by atoms with Crippen LogP contribution >= 0.6 is 12.4 Å². The lowest BCUT2D eigenvalue weighted by atomic mass is 9.96. The molecule has 2 aliphatic heterocycles. The maximum Gasteiger partial charge on any atom is 0.227 e. The van der Waals surface area contributed by atoms with Gasteiger partial charge in [-0.1, -0.05) is 11.6 Å². The summed E-state index contributed by atoms with van der Waals surface area (Å²) in [6, 6.07) is 0.982. The molecule has 2 atom stereocenters. The first-order valence-corrected chi connectivity index (χ1v) is 7.54. The van der Waals surface area contributed by atoms with Gasteiger partial charge in [-0.2, -0.15) is 0 Å². The molecule has 19 heavy (non-hydrogen) atoms. The maximum atomic E-state index is 12.5. The van der Waals surface area contributed by atoms with Crippen molar-refractivity contribution in [3.05, 3.63) is 11.6 Å². The molecule has 0 radical (unpaired) electrons. The van der Waals surface area contributed by atoms with Crippen molar-refractivity contribution < 1.29 is 4.79 Å². The highest BCUT2D eigenvalue weighted by Crippen LogP contribution is 2.30. The molecule has 108 valence electrons. The molecule has 0 saturated carbocycles. The predicted octanol–water partition coefficient (Wildman–Crippen LogP) is 2.65. The van der Waals surface area contributed by atoms with Crippen molar-refractivity contribution in [3.63, 3.8) is 0 Å². The monoisotopic (exact) mass is 284 g/mol. The van der Waals surface area contributed by atoms with Gasteiger partial charge in [0.15, 0.2) is 0 Å². The number of halogens is 1. The van der Waals surface area contributed by atoms with E-state index in [1.165, 1.54) is 37.7 Å². The van der Waals surface area contributed by atoms with E-state index in [1.807, 2.05) is 0 Å². The quantitative estimate of drug-likeness (QED) is 0.791. The lowest BCUT2D eigenvalue weighted by molar-refractivity contribution is -0.133. The van der Waals surface area contributed by atoms with E-state index >= 15 is 0 Å². The summed E-state index contributed by atoms with van der Waals surface area (Å²) < 4.78 is 0. The van der Waals surface area contributed by atoms with Crippen LogP contribution in [0.1, 0.15) is 51.4 Å². The summed E-state index contributed by atoms with van der Waals surface area (Å²) in [7, 11) is 0. The summed E-state index contributed by atoms with van der Waals surface area (Å²) in [5, 5.41) is 3.46. The maximum absolute atomic E-state index is 12.5. The van der Waals surface area contributed by atoms with Gasteiger partial charge in [-0.3, -0.25) is 4.79 Å². The van der Waals surface area contributed by atoms with Crippen LogP contribution in [-0.2, 0) is 4.79 Å². The van der Waals surface area contributed by atoms with Crippen molar-refractivity contribution in [2.45, 2.75) is 63.5 Å². The van der Waals surface area contributed by atoms with E-state index in [9.17, 15) is 4.79 Å². The Morgan fingerprint density at radius 2 is 2.11 bits per heavy atom. The Kier molecular flexibility index (Phi) is 5.28. The van der Waals surface area contributed by atoms with E-state index in [4.69, 9.17) is 0 Å². The van der Waals surface area contributed by atoms with Crippen molar-refractivity contribution in [3.8, 4) is 0 Å². The molecule has 3 nitrogen and oxygen atoms in total. The number of rotatable bonds is 2. The van der Waals surface area contributed by atoms with Crippen LogP contribution in [0.25, 0.3) is 0 Å². The van der Waals surface area contributed by atoms with Gasteiger partial charge >= 0.3 is 0 Å². The summed E-state index contributed by atoms with van der Waals surface area (Å²) >= 11 is 0. The van der Waals surface area contributed by atoms with Crippen molar-refractivity contribution in [1.29, 1.82) is 0 Å². The number of nitrogens with one attached hydrogen (secondary N) is 1. The molecule has 1 aliphatic carbocycles. The Bertz CT molecular complexity index is 342. The van der Waals surface area contributed by atoms with Crippen molar-refractivity contribution in [2.75, 3.05) is 13.1 Å². The first kappa shape index (κ1) is 14.9. The molecular weight excluding hydrogens is 260 g/mol. The first-order chi connectivity index (χ1) is 8.84. The minimum Gasteiger partial charge on any atom is -0.335 e. The number of amides is 1. The Hall–Kier alpha value is -0.540. The fourth-order valence-corrected chi connectivity index (χ4v) is 3.74. The van der Waals surface area contributed by atoms with Crippen LogP contribution in [0.3, 0.4) is 0 Å². The van der Waals surface area contributed by atoms with Gasteiger partial charge in [0.2, 0.25) is 5.91 Å². The van der Waals surface area contributed by atoms with E-state index in [0.29, 0.717) is 24.4 Å². The van der Waals surface area contributed by atoms with Crippen LogP contribution in [0.15, 0.2) is 11.6 Å². The van der Waals surface area contributed by atoms with E-state index in [2.05, 4.69) is 16.3 Å². The number of allylic oxidation sites excluding steroid dienone is 1. The zero-order valence-corrected chi connectivity index (χ0v) is 12.4. The van der Waals surface area contributed by atoms with Gasteiger partial charge in [0.1, 0.15) is 0 Å². The number of carbonyl (C=O) groups is 1. The van der Waals surface area contributed by atoms with Crippen LogP contribution < -0.4 is 5.32 Å². The molecule has 0 aromatic rings. The van der Waals surface area contributed by atoms with E-state index < -0.39 is 0 Å². The smallest absolute Gasteiger partial charge is 0.227 e. The summed E-state index contributed by atoms with van der Waals surface area (Å²) in [6.45, 7) is 2.08. The Morgan fingerprint density at radius 1 is 1.26 bits per heavy atom. The molecular formula is C15H25ClN2O. The van der Waals surface area contributed by atoms with Crippen LogP contribution in [0.4, 0.5) is 0 Å². The van der Waals surface area contributed by atoms with Crippen LogP contribution in [0.2, 0.25) is 0 Å². The van der Waals surface area contributed by atoms with E-state index in [-0.39, 0.29) is 12.4 Å². The normalized spacial score (nSPS) is 30.3. The predicted molar refractivity (Wildman–Crippen MR) is 79.6 cm³/mol. The molecule has 0 spiro atoms. The van der Waals surface area contributed by atoms with Gasteiger partial charge in [-0.15, -0.1) is 12.4 Å².